The molecule has 0 aliphatic carbocycles. The number of anilines is 1. The van der Waals surface area contributed by atoms with E-state index in [9.17, 15) is 9.18 Å². The minimum Gasteiger partial charge on any atom is -0.388 e. The molecule has 0 saturated carbocycles. The lowest BCUT2D eigenvalue weighted by Crippen LogP contribution is -2.45. The lowest BCUT2D eigenvalue weighted by Gasteiger charge is -2.35. The van der Waals surface area contributed by atoms with Crippen molar-refractivity contribution >= 4 is 17.5 Å². The van der Waals surface area contributed by atoms with E-state index in [1.165, 1.54) is 23.8 Å². The molecule has 1 fully saturated rings. The predicted octanol–water partition coefficient (Wildman–Crippen LogP) is 5.25. The van der Waals surface area contributed by atoms with Gasteiger partial charge in [0.2, 0.25) is 0 Å². The Morgan fingerprint density at radius 1 is 1.16 bits per heavy atom. The lowest BCUT2D eigenvalue weighted by molar-refractivity contribution is -0.154. The zero-order valence-corrected chi connectivity index (χ0v) is 18.2. The van der Waals surface area contributed by atoms with Crippen molar-refractivity contribution in [1.29, 1.82) is 0 Å². The number of hydroxylamine groups is 2. The molecular weight excluding hydrogens is 397 g/mol. The first-order valence-corrected chi connectivity index (χ1v) is 10.6. The van der Waals surface area contributed by atoms with Crippen LogP contribution in [0.1, 0.15) is 51.2 Å². The zero-order chi connectivity index (χ0) is 22.1. The van der Waals surface area contributed by atoms with Crippen LogP contribution in [0.2, 0.25) is 0 Å². The molecule has 31 heavy (non-hydrogen) atoms. The molecule has 164 valence electrons. The minimum absolute atomic E-state index is 0.113. The van der Waals surface area contributed by atoms with Crippen molar-refractivity contribution in [1.82, 2.24) is 5.06 Å². The van der Waals surface area contributed by atoms with Crippen molar-refractivity contribution in [2.24, 2.45) is 5.16 Å². The van der Waals surface area contributed by atoms with Crippen molar-refractivity contribution in [2.75, 3.05) is 18.4 Å². The van der Waals surface area contributed by atoms with Gasteiger partial charge >= 0.3 is 6.09 Å². The highest BCUT2D eigenvalue weighted by Gasteiger charge is 2.43. The Balaban J connectivity index is 1.28. The maximum Gasteiger partial charge on any atom is 0.430 e. The molecule has 6 nitrogen and oxygen atoms in total. The summed E-state index contributed by atoms with van der Waals surface area (Å²) in [5.41, 5.74) is 3.44. The maximum absolute atomic E-state index is 13.2. The van der Waals surface area contributed by atoms with Crippen LogP contribution in [0.4, 0.5) is 14.9 Å². The second-order valence-corrected chi connectivity index (χ2v) is 9.26. The van der Waals surface area contributed by atoms with Crippen molar-refractivity contribution < 1.29 is 18.9 Å². The third-order valence-electron chi connectivity index (χ3n) is 5.84. The molecule has 0 radical (unpaired) electrons. The first-order valence-electron chi connectivity index (χ1n) is 10.6. The summed E-state index contributed by atoms with van der Waals surface area (Å²) in [5.74, 6) is -0.417. The minimum atomic E-state index is -0.634. The molecular formula is C24H28FN3O3. The second-order valence-electron chi connectivity index (χ2n) is 9.26. The Labute approximate surface area is 182 Å². The number of piperidine rings is 1. The molecule has 2 heterocycles. The van der Waals surface area contributed by atoms with E-state index in [1.807, 2.05) is 0 Å². The lowest BCUT2D eigenvalue weighted by atomic mass is 9.84. The molecule has 0 atom stereocenters. The SMILES string of the molecule is CC(C)(C)c1ccc(C2=NOC3(CCN(OC(=O)Nc4cccc(F)c4)CC3)C2)cc1. The summed E-state index contributed by atoms with van der Waals surface area (Å²) in [5, 5.41) is 8.52. The number of halogens is 1. The summed E-state index contributed by atoms with van der Waals surface area (Å²) in [6.07, 6.45) is 1.51. The summed E-state index contributed by atoms with van der Waals surface area (Å²) in [4.78, 5) is 23.3. The van der Waals surface area contributed by atoms with Crippen LogP contribution in [0.3, 0.4) is 0 Å². The van der Waals surface area contributed by atoms with Gasteiger partial charge in [0, 0.05) is 38.0 Å². The van der Waals surface area contributed by atoms with Gasteiger partial charge in [-0.1, -0.05) is 56.3 Å². The first-order chi connectivity index (χ1) is 14.7. The van der Waals surface area contributed by atoms with E-state index >= 15 is 0 Å². The van der Waals surface area contributed by atoms with Gasteiger partial charge < -0.3 is 9.68 Å². The summed E-state index contributed by atoms with van der Waals surface area (Å²) in [6, 6.07) is 14.2. The number of benzene rings is 2. The van der Waals surface area contributed by atoms with E-state index in [4.69, 9.17) is 9.68 Å². The number of amides is 1. The number of carbonyl (C=O) groups is 1. The number of rotatable bonds is 3. The Morgan fingerprint density at radius 3 is 2.52 bits per heavy atom. The van der Waals surface area contributed by atoms with Gasteiger partial charge in [0.25, 0.3) is 0 Å². The average molecular weight is 426 g/mol. The Kier molecular flexibility index (Phi) is 5.71. The van der Waals surface area contributed by atoms with Gasteiger partial charge in [-0.05, 0) is 34.7 Å². The van der Waals surface area contributed by atoms with Gasteiger partial charge in [-0.3, -0.25) is 5.32 Å². The number of carbonyl (C=O) groups excluding carboxylic acids is 1. The van der Waals surface area contributed by atoms with Crippen molar-refractivity contribution in [3.05, 3.63) is 65.5 Å². The van der Waals surface area contributed by atoms with E-state index in [0.29, 0.717) is 31.6 Å². The number of nitrogens with one attached hydrogen (secondary N) is 1. The van der Waals surface area contributed by atoms with Crippen molar-refractivity contribution in [2.45, 2.75) is 51.0 Å². The van der Waals surface area contributed by atoms with E-state index in [1.54, 1.807) is 11.1 Å². The Bertz CT molecular complexity index is 974. The van der Waals surface area contributed by atoms with Crippen LogP contribution in [-0.2, 0) is 15.1 Å². The second kappa shape index (κ2) is 8.30. The van der Waals surface area contributed by atoms with Gasteiger partial charge in [-0.25, -0.2) is 9.18 Å². The van der Waals surface area contributed by atoms with Gasteiger partial charge in [0.15, 0.2) is 0 Å². The van der Waals surface area contributed by atoms with Crippen LogP contribution in [0, 0.1) is 5.82 Å². The van der Waals surface area contributed by atoms with E-state index in [-0.39, 0.29) is 11.0 Å². The van der Waals surface area contributed by atoms with Gasteiger partial charge in [-0.2, -0.15) is 0 Å². The smallest absolute Gasteiger partial charge is 0.388 e. The van der Waals surface area contributed by atoms with E-state index in [0.717, 1.165) is 17.7 Å². The molecule has 0 bridgehead atoms. The van der Waals surface area contributed by atoms with Crippen LogP contribution >= 0.6 is 0 Å². The molecule has 2 aliphatic rings. The van der Waals surface area contributed by atoms with Crippen molar-refractivity contribution in [3.63, 3.8) is 0 Å². The first kappa shape index (κ1) is 21.3. The number of nitrogens with zero attached hydrogens (tertiary/aromatic N) is 2. The molecule has 2 aromatic rings. The van der Waals surface area contributed by atoms with Gasteiger partial charge in [0.1, 0.15) is 11.4 Å². The molecule has 1 N–H and O–H groups in total. The molecule has 1 saturated heterocycles. The number of hydrogen-bond acceptors (Lipinski definition) is 5. The largest absolute Gasteiger partial charge is 0.430 e. The van der Waals surface area contributed by atoms with Crippen LogP contribution in [-0.4, -0.2) is 35.6 Å². The van der Waals surface area contributed by atoms with Crippen LogP contribution in [0.25, 0.3) is 0 Å². The molecule has 2 aliphatic heterocycles. The van der Waals surface area contributed by atoms with Gasteiger partial charge in [-0.15, -0.1) is 5.06 Å². The Morgan fingerprint density at radius 2 is 1.87 bits per heavy atom. The summed E-state index contributed by atoms with van der Waals surface area (Å²) in [7, 11) is 0. The fraction of sp³-hybridized carbons (Fsp3) is 0.417. The zero-order valence-electron chi connectivity index (χ0n) is 18.2. The topological polar surface area (TPSA) is 63.2 Å². The highest BCUT2D eigenvalue weighted by Crippen LogP contribution is 2.36. The highest BCUT2D eigenvalue weighted by atomic mass is 19.1. The van der Waals surface area contributed by atoms with Crippen LogP contribution in [0.15, 0.2) is 53.7 Å². The van der Waals surface area contributed by atoms with Crippen molar-refractivity contribution in [3.8, 4) is 0 Å². The third kappa shape index (κ3) is 5.05. The van der Waals surface area contributed by atoms with E-state index < -0.39 is 11.9 Å². The summed E-state index contributed by atoms with van der Waals surface area (Å²) in [6.45, 7) is 7.68. The normalized spacial score (nSPS) is 18.4. The molecule has 0 aromatic heterocycles. The number of hydrogen-bond donors (Lipinski definition) is 1. The van der Waals surface area contributed by atoms with Gasteiger partial charge in [0.05, 0.1) is 5.71 Å². The molecule has 4 rings (SSSR count). The maximum atomic E-state index is 13.2. The van der Waals surface area contributed by atoms with Crippen LogP contribution in [0.5, 0.6) is 0 Å². The summed E-state index contributed by atoms with van der Waals surface area (Å²) < 4.78 is 13.2. The number of oxime groups is 1. The van der Waals surface area contributed by atoms with Crippen LogP contribution < -0.4 is 5.32 Å². The molecule has 7 heteroatoms. The fourth-order valence-corrected chi connectivity index (χ4v) is 3.92. The van der Waals surface area contributed by atoms with E-state index in [2.05, 4.69) is 55.5 Å². The average Bonchev–Trinajstić information content (AvgIpc) is 3.13. The molecule has 0 unspecified atom stereocenters. The Hall–Kier alpha value is -2.93. The highest BCUT2D eigenvalue weighted by molar-refractivity contribution is 6.01. The molecule has 1 amide bonds. The summed E-state index contributed by atoms with van der Waals surface area (Å²) >= 11 is 0. The quantitative estimate of drug-likeness (QED) is 0.730. The molecule has 1 spiro atoms. The standard InChI is InChI=1S/C24H28FN3O3/c1-23(2,3)18-9-7-17(8-10-18)21-16-24(31-27-21)11-13-28(14-12-24)30-22(29)26-20-6-4-5-19(25)15-20/h4-10,15H,11-14,16H2,1-3H3,(H,26,29). The fourth-order valence-electron chi connectivity index (χ4n) is 3.92. The molecule has 2 aromatic carbocycles. The predicted molar refractivity (Wildman–Crippen MR) is 117 cm³/mol. The third-order valence-corrected chi connectivity index (χ3v) is 5.84. The monoisotopic (exact) mass is 425 g/mol.